The summed E-state index contributed by atoms with van der Waals surface area (Å²) in [6, 6.07) is 11.0. The minimum Gasteiger partial charge on any atom is -0.497 e. The maximum atomic E-state index is 12.3. The van der Waals surface area contributed by atoms with E-state index < -0.39 is 5.56 Å². The van der Waals surface area contributed by atoms with Gasteiger partial charge in [-0.2, -0.15) is 4.68 Å². The minimum atomic E-state index is -0.436. The lowest BCUT2D eigenvalue weighted by molar-refractivity contribution is 0.415. The number of hydrogen-bond acceptors (Lipinski definition) is 7. The highest BCUT2D eigenvalue weighted by molar-refractivity contribution is 7.10. The predicted molar refractivity (Wildman–Crippen MR) is 96.0 cm³/mol. The maximum absolute atomic E-state index is 12.3. The van der Waals surface area contributed by atoms with Crippen molar-refractivity contribution in [2.75, 3.05) is 18.3 Å². The first kappa shape index (κ1) is 15.8. The normalized spacial score (nSPS) is 10.9. The molecule has 7 nitrogen and oxygen atoms in total. The zero-order chi connectivity index (χ0) is 16.9. The van der Waals surface area contributed by atoms with Crippen molar-refractivity contribution in [3.63, 3.8) is 0 Å². The summed E-state index contributed by atoms with van der Waals surface area (Å²) < 4.78 is 6.03. The van der Waals surface area contributed by atoms with E-state index in [4.69, 9.17) is 10.6 Å². The van der Waals surface area contributed by atoms with Gasteiger partial charge in [0.2, 0.25) is 5.95 Å². The van der Waals surface area contributed by atoms with Gasteiger partial charge in [-0.3, -0.25) is 4.79 Å². The standard InChI is InChI=1S/C16H15N5O2S/c1-23-12-6-4-11(5-7-12)18-16-20-19-14(15(22)21(16)17)9-8-13-3-2-10-24-13/h2-10H,17H2,1H3,(H,18,20)/b9-8+. The fourth-order valence-electron chi connectivity index (χ4n) is 1.95. The van der Waals surface area contributed by atoms with Crippen molar-refractivity contribution >= 4 is 35.1 Å². The van der Waals surface area contributed by atoms with Crippen LogP contribution in [0.3, 0.4) is 0 Å². The number of nitrogens with one attached hydrogen (secondary N) is 1. The number of aromatic nitrogens is 3. The van der Waals surface area contributed by atoms with Crippen molar-refractivity contribution in [2.24, 2.45) is 0 Å². The Labute approximate surface area is 142 Å². The molecule has 0 radical (unpaired) electrons. The van der Waals surface area contributed by atoms with Gasteiger partial charge in [0, 0.05) is 10.6 Å². The fourth-order valence-corrected chi connectivity index (χ4v) is 2.57. The molecule has 0 amide bonds. The number of benzene rings is 1. The third-order valence-corrected chi connectivity index (χ3v) is 4.05. The fraction of sp³-hybridized carbons (Fsp3) is 0.0625. The van der Waals surface area contributed by atoms with Gasteiger partial charge in [0.1, 0.15) is 5.75 Å². The van der Waals surface area contributed by atoms with Crippen LogP contribution < -0.4 is 21.5 Å². The number of rotatable bonds is 5. The van der Waals surface area contributed by atoms with E-state index in [1.165, 1.54) is 0 Å². The first-order valence-corrected chi connectivity index (χ1v) is 7.93. The van der Waals surface area contributed by atoms with Crippen LogP contribution in [0.2, 0.25) is 0 Å². The molecular weight excluding hydrogens is 326 g/mol. The highest BCUT2D eigenvalue weighted by Gasteiger charge is 2.08. The van der Waals surface area contributed by atoms with Gasteiger partial charge in [0.15, 0.2) is 5.69 Å². The molecule has 0 aliphatic rings. The third kappa shape index (κ3) is 3.44. The van der Waals surface area contributed by atoms with Crippen LogP contribution in [-0.2, 0) is 0 Å². The van der Waals surface area contributed by atoms with Gasteiger partial charge in [-0.15, -0.1) is 21.5 Å². The number of thiophene rings is 1. The molecule has 0 bridgehead atoms. The number of methoxy groups -OCH3 is 1. The molecule has 0 aliphatic heterocycles. The molecule has 2 aromatic heterocycles. The summed E-state index contributed by atoms with van der Waals surface area (Å²) in [5, 5.41) is 12.8. The third-order valence-electron chi connectivity index (χ3n) is 3.21. The smallest absolute Gasteiger partial charge is 0.299 e. The van der Waals surface area contributed by atoms with Gasteiger partial charge >= 0.3 is 0 Å². The van der Waals surface area contributed by atoms with Gasteiger partial charge in [-0.25, -0.2) is 0 Å². The van der Waals surface area contributed by atoms with Crippen molar-refractivity contribution in [2.45, 2.75) is 0 Å². The summed E-state index contributed by atoms with van der Waals surface area (Å²) >= 11 is 1.56. The molecule has 24 heavy (non-hydrogen) atoms. The second-order valence-corrected chi connectivity index (χ2v) is 5.77. The van der Waals surface area contributed by atoms with E-state index in [1.54, 1.807) is 54.9 Å². The lowest BCUT2D eigenvalue weighted by atomic mass is 10.3. The Morgan fingerprint density at radius 2 is 2.00 bits per heavy atom. The molecular formula is C16H15N5O2S. The number of nitrogen functional groups attached to an aromatic ring is 1. The van der Waals surface area contributed by atoms with Crippen molar-refractivity contribution in [1.82, 2.24) is 14.9 Å². The molecule has 8 heteroatoms. The zero-order valence-corrected chi connectivity index (χ0v) is 13.7. The number of hydrogen-bond donors (Lipinski definition) is 2. The van der Waals surface area contributed by atoms with E-state index in [-0.39, 0.29) is 11.6 Å². The van der Waals surface area contributed by atoms with Crippen LogP contribution >= 0.6 is 11.3 Å². The molecule has 122 valence electrons. The Bertz CT molecular complexity index is 901. The van der Waals surface area contributed by atoms with Crippen LogP contribution in [0.15, 0.2) is 46.6 Å². The van der Waals surface area contributed by atoms with Crippen molar-refractivity contribution in [3.8, 4) is 5.75 Å². The van der Waals surface area contributed by atoms with Gasteiger partial charge in [-0.1, -0.05) is 6.07 Å². The first-order valence-electron chi connectivity index (χ1n) is 7.05. The van der Waals surface area contributed by atoms with Crippen LogP contribution in [-0.4, -0.2) is 22.0 Å². The van der Waals surface area contributed by atoms with Gasteiger partial charge in [0.05, 0.1) is 7.11 Å². The second kappa shape index (κ2) is 6.97. The lowest BCUT2D eigenvalue weighted by Gasteiger charge is -2.09. The van der Waals surface area contributed by atoms with Crippen molar-refractivity contribution in [3.05, 3.63) is 62.7 Å². The predicted octanol–water partition coefficient (Wildman–Crippen LogP) is 2.34. The number of ether oxygens (including phenoxy) is 1. The van der Waals surface area contributed by atoms with Crippen molar-refractivity contribution in [1.29, 1.82) is 0 Å². The summed E-state index contributed by atoms with van der Waals surface area (Å²) in [5.41, 5.74) is 0.450. The molecule has 3 aromatic rings. The molecule has 0 saturated carbocycles. The average molecular weight is 341 g/mol. The molecule has 1 aromatic carbocycles. The maximum Gasteiger partial charge on any atom is 0.299 e. The second-order valence-electron chi connectivity index (χ2n) is 4.79. The molecule has 0 fully saturated rings. The molecule has 0 atom stereocenters. The highest BCUT2D eigenvalue weighted by atomic mass is 32.1. The Hall–Kier alpha value is -3.13. The topological polar surface area (TPSA) is 95.1 Å². The van der Waals surface area contributed by atoms with Crippen LogP contribution in [0.4, 0.5) is 11.6 Å². The van der Waals surface area contributed by atoms with Crippen LogP contribution in [0.25, 0.3) is 12.2 Å². The molecule has 2 heterocycles. The van der Waals surface area contributed by atoms with Crippen LogP contribution in [0.1, 0.15) is 10.6 Å². The average Bonchev–Trinajstić information content (AvgIpc) is 3.12. The monoisotopic (exact) mass is 341 g/mol. The van der Waals surface area contributed by atoms with Gasteiger partial charge in [0.25, 0.3) is 5.56 Å². The summed E-state index contributed by atoms with van der Waals surface area (Å²) in [6.07, 6.45) is 3.40. The largest absolute Gasteiger partial charge is 0.497 e. The van der Waals surface area contributed by atoms with Gasteiger partial charge < -0.3 is 15.9 Å². The van der Waals surface area contributed by atoms with Gasteiger partial charge in [-0.05, 0) is 47.9 Å². The SMILES string of the molecule is COc1ccc(Nc2nnc(/C=C/c3cccs3)c(=O)n2N)cc1. The van der Waals surface area contributed by atoms with Crippen molar-refractivity contribution < 1.29 is 4.74 Å². The highest BCUT2D eigenvalue weighted by Crippen LogP contribution is 2.17. The lowest BCUT2D eigenvalue weighted by Crippen LogP contribution is -2.32. The zero-order valence-electron chi connectivity index (χ0n) is 12.8. The van der Waals surface area contributed by atoms with Crippen LogP contribution in [0, 0.1) is 0 Å². The van der Waals surface area contributed by atoms with E-state index in [0.717, 1.165) is 15.3 Å². The minimum absolute atomic E-state index is 0.151. The molecule has 0 saturated heterocycles. The molecule has 3 N–H and O–H groups in total. The quantitative estimate of drug-likeness (QED) is 0.692. The number of nitrogens with two attached hydrogens (primary N) is 1. The van der Waals surface area contributed by atoms with E-state index in [9.17, 15) is 4.79 Å². The van der Waals surface area contributed by atoms with E-state index >= 15 is 0 Å². The Kier molecular flexibility index (Phi) is 4.57. The summed E-state index contributed by atoms with van der Waals surface area (Å²) in [6.45, 7) is 0. The Morgan fingerprint density at radius 3 is 2.67 bits per heavy atom. The van der Waals surface area contributed by atoms with E-state index in [2.05, 4.69) is 15.5 Å². The number of anilines is 2. The molecule has 0 aliphatic carbocycles. The molecule has 3 rings (SSSR count). The molecule has 0 spiro atoms. The summed E-state index contributed by atoms with van der Waals surface area (Å²) in [5.74, 6) is 6.70. The van der Waals surface area contributed by atoms with E-state index in [0.29, 0.717) is 5.69 Å². The summed E-state index contributed by atoms with van der Waals surface area (Å²) in [7, 11) is 1.59. The van der Waals surface area contributed by atoms with Crippen LogP contribution in [0.5, 0.6) is 5.75 Å². The summed E-state index contributed by atoms with van der Waals surface area (Å²) in [4.78, 5) is 13.3. The van der Waals surface area contributed by atoms with E-state index in [1.807, 2.05) is 17.5 Å². The Morgan fingerprint density at radius 1 is 1.21 bits per heavy atom. The molecule has 0 unspecified atom stereocenters. The number of nitrogens with zero attached hydrogens (tertiary/aromatic N) is 3. The Balaban J connectivity index is 1.82. The first-order chi connectivity index (χ1) is 11.7.